The van der Waals surface area contributed by atoms with E-state index in [1.54, 1.807) is 17.4 Å². The second kappa shape index (κ2) is 12.9. The number of fused-ring (bicyclic) bond motifs is 2. The van der Waals surface area contributed by atoms with Crippen molar-refractivity contribution in [3.63, 3.8) is 0 Å². The van der Waals surface area contributed by atoms with E-state index in [4.69, 9.17) is 52.7 Å². The Bertz CT molecular complexity index is 1960. The highest BCUT2D eigenvalue weighted by Gasteiger charge is 2.68. The van der Waals surface area contributed by atoms with E-state index in [0.29, 0.717) is 51.5 Å². The van der Waals surface area contributed by atoms with Crippen molar-refractivity contribution >= 4 is 57.6 Å². The molecule has 1 amide bonds. The molecule has 0 bridgehead atoms. The number of nitrogens with one attached hydrogen (secondary N) is 1. The van der Waals surface area contributed by atoms with Crippen LogP contribution in [0.1, 0.15) is 48.2 Å². The van der Waals surface area contributed by atoms with Gasteiger partial charge in [0.2, 0.25) is 0 Å². The Kier molecular flexibility index (Phi) is 8.48. The average molecular weight is 705 g/mol. The highest BCUT2D eigenvalue weighted by Crippen LogP contribution is 2.64. The summed E-state index contributed by atoms with van der Waals surface area (Å²) in [5.74, 6) is 1.47. The summed E-state index contributed by atoms with van der Waals surface area (Å²) in [6.07, 6.45) is 5.03. The minimum absolute atomic E-state index is 0.228. The number of anilines is 1. The smallest absolute Gasteiger partial charge is 0.407 e. The number of ether oxygens (including phenoxy) is 2. The molecule has 48 heavy (non-hydrogen) atoms. The minimum Gasteiger partial charge on any atom is -0.445 e. The minimum atomic E-state index is -0.419. The molecule has 5 heterocycles. The van der Waals surface area contributed by atoms with Gasteiger partial charge in [0.25, 0.3) is 0 Å². The molecule has 2 aromatic carbocycles. The van der Waals surface area contributed by atoms with E-state index < -0.39 is 6.09 Å². The zero-order valence-electron chi connectivity index (χ0n) is 26.4. The van der Waals surface area contributed by atoms with Crippen LogP contribution < -0.4 is 10.2 Å². The van der Waals surface area contributed by atoms with Crippen LogP contribution in [0.25, 0.3) is 22.4 Å². The Hall–Kier alpha value is -3.77. The summed E-state index contributed by atoms with van der Waals surface area (Å²) in [5, 5.41) is 12.1. The molecule has 1 saturated carbocycles. The number of alkyl carbamates (subject to hydrolysis) is 1. The number of thiazole rings is 1. The lowest BCUT2D eigenvalue weighted by Gasteiger charge is -2.27. The second-order valence-electron chi connectivity index (χ2n) is 12.8. The number of benzene rings is 2. The van der Waals surface area contributed by atoms with Crippen molar-refractivity contribution in [1.82, 2.24) is 30.0 Å². The fourth-order valence-corrected chi connectivity index (χ4v) is 8.95. The van der Waals surface area contributed by atoms with Crippen LogP contribution in [0.5, 0.6) is 0 Å². The standard InChI is InChI=1S/C35H35Cl2N7O3S/c1-21-19-48-33(40-21)35(20-39-34(45)47-18-22-8-3-2-4-9-22)24-13-14-43(17-25(24)35)27-16-38-31-30(23-10-7-11-26(36)29(23)37)42-44(32(31)41-27)28-12-5-6-15-46-28/h2-4,7-11,16,19,24-25,28H,5-6,12-15,17-18,20H2,1H3,(H,39,45)/t24-,25+,28?,35+/m1/s1. The van der Waals surface area contributed by atoms with Gasteiger partial charge in [-0.1, -0.05) is 65.7 Å². The fourth-order valence-electron chi connectivity index (χ4n) is 7.44. The third-order valence-corrected chi connectivity index (χ3v) is 11.9. The van der Waals surface area contributed by atoms with Crippen molar-refractivity contribution in [3.05, 3.63) is 86.4 Å². The Balaban J connectivity index is 1.06. The molecule has 8 rings (SSSR count). The van der Waals surface area contributed by atoms with Crippen molar-refractivity contribution in [2.45, 2.75) is 50.9 Å². The van der Waals surface area contributed by atoms with Gasteiger partial charge in [0.15, 0.2) is 11.9 Å². The first kappa shape index (κ1) is 31.5. The van der Waals surface area contributed by atoms with Crippen molar-refractivity contribution in [2.24, 2.45) is 11.8 Å². The molecular formula is C35H35Cl2N7O3S. The number of aromatic nitrogens is 5. The molecule has 248 valence electrons. The molecule has 5 aromatic rings. The second-order valence-corrected chi connectivity index (χ2v) is 14.5. The third kappa shape index (κ3) is 5.70. The van der Waals surface area contributed by atoms with Crippen LogP contribution in [0.3, 0.4) is 0 Å². The van der Waals surface area contributed by atoms with Crippen molar-refractivity contribution in [1.29, 1.82) is 0 Å². The Morgan fingerprint density at radius 1 is 1.10 bits per heavy atom. The van der Waals surface area contributed by atoms with Crippen LogP contribution in [0, 0.1) is 18.8 Å². The molecule has 1 unspecified atom stereocenters. The fraction of sp³-hybridized carbons (Fsp3) is 0.400. The summed E-state index contributed by atoms with van der Waals surface area (Å²) in [7, 11) is 0. The van der Waals surface area contributed by atoms with E-state index in [9.17, 15) is 4.79 Å². The summed E-state index contributed by atoms with van der Waals surface area (Å²) < 4.78 is 13.6. The topological polar surface area (TPSA) is 107 Å². The molecule has 3 fully saturated rings. The molecule has 10 nitrogen and oxygen atoms in total. The number of piperidine rings is 1. The Morgan fingerprint density at radius 3 is 2.77 bits per heavy atom. The van der Waals surface area contributed by atoms with Crippen LogP contribution in [0.15, 0.2) is 60.1 Å². The molecule has 13 heteroatoms. The first-order valence-electron chi connectivity index (χ1n) is 16.4. The average Bonchev–Trinajstić information content (AvgIpc) is 3.34. The number of amides is 1. The maximum absolute atomic E-state index is 12.8. The number of carbonyl (C=O) groups is 1. The van der Waals surface area contributed by atoms with Gasteiger partial charge in [0.05, 0.1) is 16.2 Å². The quantitative estimate of drug-likeness (QED) is 0.176. The van der Waals surface area contributed by atoms with E-state index >= 15 is 0 Å². The maximum atomic E-state index is 12.8. The molecule has 3 aromatic heterocycles. The number of hydrogen-bond donors (Lipinski definition) is 1. The number of rotatable bonds is 8. The van der Waals surface area contributed by atoms with Gasteiger partial charge < -0.3 is 19.7 Å². The predicted octanol–water partition coefficient (Wildman–Crippen LogP) is 7.58. The van der Waals surface area contributed by atoms with Crippen LogP contribution in [-0.2, 0) is 21.5 Å². The first-order chi connectivity index (χ1) is 23.4. The zero-order chi connectivity index (χ0) is 32.8. The monoisotopic (exact) mass is 703 g/mol. The van der Waals surface area contributed by atoms with E-state index in [1.807, 2.05) is 60.3 Å². The van der Waals surface area contributed by atoms with Gasteiger partial charge >= 0.3 is 6.09 Å². The summed E-state index contributed by atoms with van der Waals surface area (Å²) in [6, 6.07) is 15.2. The normalized spacial score (nSPS) is 23.6. The van der Waals surface area contributed by atoms with E-state index in [0.717, 1.165) is 60.9 Å². The van der Waals surface area contributed by atoms with Crippen LogP contribution in [0.4, 0.5) is 10.6 Å². The number of aryl methyl sites for hydroxylation is 1. The number of hydrogen-bond acceptors (Lipinski definition) is 9. The molecule has 2 saturated heterocycles. The molecule has 0 radical (unpaired) electrons. The zero-order valence-corrected chi connectivity index (χ0v) is 28.8. The molecule has 1 aliphatic carbocycles. The lowest BCUT2D eigenvalue weighted by Crippen LogP contribution is -2.35. The van der Waals surface area contributed by atoms with E-state index in [-0.39, 0.29) is 24.2 Å². The Labute approximate surface area is 292 Å². The molecule has 0 spiro atoms. The van der Waals surface area contributed by atoms with Crippen molar-refractivity contribution in [3.8, 4) is 11.3 Å². The van der Waals surface area contributed by atoms with Gasteiger partial charge in [-0.05, 0) is 56.1 Å². The van der Waals surface area contributed by atoms with Gasteiger partial charge in [-0.15, -0.1) is 11.3 Å². The predicted molar refractivity (Wildman–Crippen MR) is 187 cm³/mol. The lowest BCUT2D eigenvalue weighted by molar-refractivity contribution is -0.0368. The highest BCUT2D eigenvalue weighted by molar-refractivity contribution is 7.09. The van der Waals surface area contributed by atoms with Crippen molar-refractivity contribution < 1.29 is 14.3 Å². The Morgan fingerprint density at radius 2 is 1.98 bits per heavy atom. The lowest BCUT2D eigenvalue weighted by atomic mass is 10.0. The van der Waals surface area contributed by atoms with Crippen LogP contribution in [0.2, 0.25) is 10.0 Å². The largest absolute Gasteiger partial charge is 0.445 e. The summed E-state index contributed by atoms with van der Waals surface area (Å²) in [5.41, 5.74) is 4.35. The molecule has 3 aliphatic rings. The van der Waals surface area contributed by atoms with E-state index in [1.165, 1.54) is 0 Å². The van der Waals surface area contributed by atoms with Gasteiger partial charge in [-0.25, -0.2) is 24.4 Å². The van der Waals surface area contributed by atoms with E-state index in [2.05, 4.69) is 15.6 Å². The number of nitrogens with zero attached hydrogens (tertiary/aromatic N) is 6. The van der Waals surface area contributed by atoms with Crippen molar-refractivity contribution in [2.75, 3.05) is 31.1 Å². The third-order valence-electron chi connectivity index (χ3n) is 9.93. The SMILES string of the molecule is Cc1csc([C@@]2(CNC(=O)OCc3ccccc3)[C@@H]3CCN(c4cnc5c(-c6cccc(Cl)c6Cl)nn(C6CCCCO6)c5n4)C[C@@H]32)n1. The number of halogens is 2. The maximum Gasteiger partial charge on any atom is 0.407 e. The van der Waals surface area contributed by atoms with Gasteiger partial charge in [-0.3, -0.25) is 0 Å². The first-order valence-corrected chi connectivity index (χ1v) is 18.0. The molecule has 2 aliphatic heterocycles. The summed E-state index contributed by atoms with van der Waals surface area (Å²) in [6.45, 7) is 4.97. The molecule has 4 atom stereocenters. The van der Waals surface area contributed by atoms with Crippen LogP contribution in [-0.4, -0.2) is 57.1 Å². The van der Waals surface area contributed by atoms with Gasteiger partial charge in [-0.2, -0.15) is 5.10 Å². The number of carbonyl (C=O) groups excluding carboxylic acids is 1. The summed E-state index contributed by atoms with van der Waals surface area (Å²) in [4.78, 5) is 30.2. The molecule has 1 N–H and O–H groups in total. The van der Waals surface area contributed by atoms with Crippen LogP contribution >= 0.6 is 34.5 Å². The van der Waals surface area contributed by atoms with Gasteiger partial charge in [0.1, 0.15) is 28.6 Å². The van der Waals surface area contributed by atoms with Gasteiger partial charge in [0, 0.05) is 48.3 Å². The molecular weight excluding hydrogens is 669 g/mol. The summed E-state index contributed by atoms with van der Waals surface area (Å²) >= 11 is 14.7. The highest BCUT2D eigenvalue weighted by atomic mass is 35.5.